The minimum atomic E-state index is -0.611. The molecule has 9 nitrogen and oxygen atoms in total. The summed E-state index contributed by atoms with van der Waals surface area (Å²) in [4.78, 5) is 29.4. The molecule has 0 aliphatic rings. The largest absolute Gasteiger partial charge is 0.481 e. The fourth-order valence-electron chi connectivity index (χ4n) is 3.79. The monoisotopic (exact) mass is 593 g/mol. The molecule has 1 heterocycles. The Labute approximate surface area is 231 Å². The van der Waals surface area contributed by atoms with E-state index < -0.39 is 4.92 Å². The molecule has 0 unspecified atom stereocenters. The zero-order valence-electron chi connectivity index (χ0n) is 20.4. The fourth-order valence-corrected chi connectivity index (χ4v) is 4.37. The molecule has 4 aromatic rings. The number of aromatic nitrogens is 2. The van der Waals surface area contributed by atoms with Gasteiger partial charge in [-0.2, -0.15) is 15.0 Å². The highest BCUT2D eigenvalue weighted by Gasteiger charge is 2.22. The van der Waals surface area contributed by atoms with Crippen molar-refractivity contribution in [3.8, 4) is 11.8 Å². The first-order chi connectivity index (χ1) is 18.2. The molecule has 0 amide bonds. The minimum absolute atomic E-state index is 0.0921. The van der Waals surface area contributed by atoms with Crippen molar-refractivity contribution in [2.75, 3.05) is 0 Å². The molecule has 11 heteroatoms. The van der Waals surface area contributed by atoms with E-state index in [1.54, 1.807) is 36.4 Å². The van der Waals surface area contributed by atoms with Gasteiger partial charge in [0.2, 0.25) is 5.75 Å². The maximum atomic E-state index is 13.4. The molecule has 38 heavy (non-hydrogen) atoms. The van der Waals surface area contributed by atoms with Gasteiger partial charge in [0, 0.05) is 32.6 Å². The molecule has 0 radical (unpaired) electrons. The second kappa shape index (κ2) is 11.5. The number of fused-ring (bicyclic) bond motifs is 1. The number of nitro benzene ring substituents is 1. The minimum Gasteiger partial charge on any atom is -0.481 e. The van der Waals surface area contributed by atoms with Gasteiger partial charge in [-0.05, 0) is 36.8 Å². The topological polar surface area (TPSA) is 123 Å². The van der Waals surface area contributed by atoms with Crippen LogP contribution in [0.25, 0.3) is 10.9 Å². The van der Waals surface area contributed by atoms with Gasteiger partial charge in [0.15, 0.2) is 0 Å². The quantitative estimate of drug-likeness (QED) is 0.129. The van der Waals surface area contributed by atoms with Crippen LogP contribution in [0.15, 0.2) is 69.0 Å². The third kappa shape index (κ3) is 5.59. The summed E-state index contributed by atoms with van der Waals surface area (Å²) in [7, 11) is 0. The second-order valence-electron chi connectivity index (χ2n) is 8.46. The van der Waals surface area contributed by atoms with Crippen LogP contribution >= 0.6 is 27.5 Å². The lowest BCUT2D eigenvalue weighted by Crippen LogP contribution is -2.23. The number of nitrogens with zero attached hydrogens (tertiary/aromatic N) is 5. The molecule has 0 N–H and O–H groups in total. The summed E-state index contributed by atoms with van der Waals surface area (Å²) in [6, 6.07) is 16.7. The van der Waals surface area contributed by atoms with Gasteiger partial charge < -0.3 is 4.74 Å². The zero-order valence-corrected chi connectivity index (χ0v) is 22.7. The van der Waals surface area contributed by atoms with Crippen molar-refractivity contribution in [2.45, 2.75) is 32.8 Å². The van der Waals surface area contributed by atoms with Gasteiger partial charge in [-0.3, -0.25) is 14.9 Å². The third-order valence-electron chi connectivity index (χ3n) is 5.97. The van der Waals surface area contributed by atoms with Gasteiger partial charge in [-0.15, -0.1) is 0 Å². The van der Waals surface area contributed by atoms with Crippen molar-refractivity contribution in [1.82, 2.24) is 9.66 Å². The maximum absolute atomic E-state index is 13.4. The average molecular weight is 595 g/mol. The lowest BCUT2D eigenvalue weighted by atomic mass is 10.1. The molecule has 0 aliphatic carbocycles. The number of benzene rings is 3. The first-order valence-electron chi connectivity index (χ1n) is 11.6. The molecular formula is C27H21BrClN5O4. The normalized spacial score (nSPS) is 12.0. The fraction of sp³-hybridized carbons (Fsp3) is 0.185. The smallest absolute Gasteiger partial charge is 0.313 e. The van der Waals surface area contributed by atoms with E-state index >= 15 is 0 Å². The van der Waals surface area contributed by atoms with Crippen LogP contribution in [0.3, 0.4) is 0 Å². The van der Waals surface area contributed by atoms with Crippen LogP contribution in [0.1, 0.15) is 48.7 Å². The van der Waals surface area contributed by atoms with Gasteiger partial charge in [0.05, 0.1) is 33.7 Å². The number of hydrogen-bond acceptors (Lipinski definition) is 7. The summed E-state index contributed by atoms with van der Waals surface area (Å²) in [6.07, 6.45) is 2.00. The number of ether oxygens (including phenoxy) is 1. The van der Waals surface area contributed by atoms with Crippen molar-refractivity contribution in [3.63, 3.8) is 0 Å². The van der Waals surface area contributed by atoms with E-state index in [-0.39, 0.29) is 40.1 Å². The summed E-state index contributed by atoms with van der Waals surface area (Å²) in [5, 5.41) is 26.1. The predicted molar refractivity (Wildman–Crippen MR) is 149 cm³/mol. The van der Waals surface area contributed by atoms with Crippen LogP contribution < -0.4 is 10.3 Å². The van der Waals surface area contributed by atoms with Gasteiger partial charge >= 0.3 is 5.69 Å². The highest BCUT2D eigenvalue weighted by molar-refractivity contribution is 9.10. The van der Waals surface area contributed by atoms with Crippen LogP contribution in [-0.2, 0) is 6.61 Å². The lowest BCUT2D eigenvalue weighted by Gasteiger charge is -2.14. The zero-order chi connectivity index (χ0) is 27.4. The van der Waals surface area contributed by atoms with E-state index in [1.165, 1.54) is 23.0 Å². The van der Waals surface area contributed by atoms with Crippen LogP contribution in [0.5, 0.6) is 5.75 Å². The first kappa shape index (κ1) is 27.0. The number of halogens is 2. The van der Waals surface area contributed by atoms with Gasteiger partial charge in [-0.25, -0.2) is 4.98 Å². The Bertz CT molecular complexity index is 1680. The van der Waals surface area contributed by atoms with E-state index in [1.807, 2.05) is 19.9 Å². The van der Waals surface area contributed by atoms with E-state index in [4.69, 9.17) is 16.3 Å². The predicted octanol–water partition coefficient (Wildman–Crippen LogP) is 6.57. The van der Waals surface area contributed by atoms with Crippen LogP contribution in [0.4, 0.5) is 5.69 Å². The third-order valence-corrected chi connectivity index (χ3v) is 6.68. The van der Waals surface area contributed by atoms with E-state index in [0.717, 1.165) is 4.47 Å². The first-order valence-corrected chi connectivity index (χ1v) is 12.8. The molecule has 0 fully saturated rings. The number of rotatable bonds is 8. The molecule has 0 spiro atoms. The van der Waals surface area contributed by atoms with E-state index in [9.17, 15) is 20.2 Å². The molecule has 0 saturated heterocycles. The summed E-state index contributed by atoms with van der Waals surface area (Å²) < 4.78 is 7.78. The molecule has 1 atom stereocenters. The van der Waals surface area contributed by atoms with Crippen molar-refractivity contribution in [1.29, 1.82) is 5.26 Å². The number of nitro groups is 1. The Balaban J connectivity index is 1.85. The molecule has 0 bridgehead atoms. The van der Waals surface area contributed by atoms with Crippen molar-refractivity contribution in [2.24, 2.45) is 5.10 Å². The second-order valence-corrected chi connectivity index (χ2v) is 9.81. The van der Waals surface area contributed by atoms with E-state index in [0.29, 0.717) is 34.3 Å². The average Bonchev–Trinajstić information content (AvgIpc) is 2.91. The molecular weight excluding hydrogens is 574 g/mol. The number of nitriles is 1. The Morgan fingerprint density at radius 1 is 1.29 bits per heavy atom. The molecule has 192 valence electrons. The maximum Gasteiger partial charge on any atom is 0.313 e. The van der Waals surface area contributed by atoms with Crippen LogP contribution in [0, 0.1) is 21.4 Å². The van der Waals surface area contributed by atoms with Crippen LogP contribution in [0.2, 0.25) is 5.02 Å². The van der Waals surface area contributed by atoms with Crippen molar-refractivity contribution < 1.29 is 9.66 Å². The highest BCUT2D eigenvalue weighted by atomic mass is 79.9. The molecule has 0 saturated carbocycles. The summed E-state index contributed by atoms with van der Waals surface area (Å²) in [6.45, 7) is 3.81. The summed E-state index contributed by atoms with van der Waals surface area (Å²) in [5.74, 6) is 0.260. The summed E-state index contributed by atoms with van der Waals surface area (Å²) >= 11 is 9.58. The molecule has 4 rings (SSSR count). The molecule has 0 aliphatic heterocycles. The van der Waals surface area contributed by atoms with Gasteiger partial charge in [0.25, 0.3) is 5.56 Å². The SMILES string of the molecule is CC[C@H](C)c1nc2ccc(Br)cc2c(=O)n1N=Cc1cc(Cl)cc([N+](=O)[O-])c1OCc1ccccc1C#N. The van der Waals surface area contributed by atoms with E-state index in [2.05, 4.69) is 32.1 Å². The standard InChI is InChI=1S/C27H21BrClN5O4/c1-3-16(2)26-32-23-9-8-20(28)11-22(23)27(35)33(26)31-14-19-10-21(29)12-24(34(36)37)25(19)38-15-18-7-5-4-6-17(18)13-30/h4-12,14,16H,3,15H2,1-2H3/t16-/m0/s1. The van der Waals surface area contributed by atoms with Gasteiger partial charge in [0.1, 0.15) is 12.4 Å². The Morgan fingerprint density at radius 2 is 2.05 bits per heavy atom. The Morgan fingerprint density at radius 3 is 2.76 bits per heavy atom. The Hall–Kier alpha value is -4.07. The summed E-state index contributed by atoms with van der Waals surface area (Å²) in [5.41, 5.74) is 0.918. The Kier molecular flexibility index (Phi) is 8.20. The highest BCUT2D eigenvalue weighted by Crippen LogP contribution is 2.34. The number of hydrogen-bond donors (Lipinski definition) is 0. The van der Waals surface area contributed by atoms with Crippen molar-refractivity contribution in [3.05, 3.63) is 107 Å². The van der Waals surface area contributed by atoms with Crippen molar-refractivity contribution >= 4 is 50.3 Å². The molecule has 3 aromatic carbocycles. The molecule has 1 aromatic heterocycles. The lowest BCUT2D eigenvalue weighted by molar-refractivity contribution is -0.385. The van der Waals surface area contributed by atoms with Crippen LogP contribution in [-0.4, -0.2) is 20.8 Å². The van der Waals surface area contributed by atoms with Gasteiger partial charge in [-0.1, -0.05) is 59.6 Å².